The van der Waals surface area contributed by atoms with Crippen molar-refractivity contribution in [2.75, 3.05) is 7.11 Å². The van der Waals surface area contributed by atoms with E-state index in [2.05, 4.69) is 32.1 Å². The molecule has 0 saturated heterocycles. The number of aryl methyl sites for hydroxylation is 1. The lowest BCUT2D eigenvalue weighted by Gasteiger charge is -1.98. The molecule has 0 radical (unpaired) electrons. The van der Waals surface area contributed by atoms with E-state index in [1.807, 2.05) is 25.2 Å². The molecule has 1 aromatic carbocycles. The van der Waals surface area contributed by atoms with Crippen LogP contribution < -0.4 is 4.74 Å². The summed E-state index contributed by atoms with van der Waals surface area (Å²) in [6, 6.07) is 5.90. The minimum absolute atomic E-state index is 0.849. The number of imidazole rings is 1. The first-order chi connectivity index (χ1) is 6.22. The molecule has 0 aliphatic carbocycles. The molecule has 13 heavy (non-hydrogen) atoms. The van der Waals surface area contributed by atoms with Gasteiger partial charge >= 0.3 is 0 Å². The monoisotopic (exact) mass is 288 g/mol. The quantitative estimate of drug-likeness (QED) is 0.752. The molecule has 0 saturated carbocycles. The summed E-state index contributed by atoms with van der Waals surface area (Å²) < 4.78 is 8.16. The molecule has 2 rings (SSSR count). The molecule has 0 unspecified atom stereocenters. The van der Waals surface area contributed by atoms with E-state index in [4.69, 9.17) is 4.74 Å². The molecular weight excluding hydrogens is 279 g/mol. The first-order valence-corrected chi connectivity index (χ1v) is 4.96. The Labute approximate surface area is 89.9 Å². The molecule has 0 N–H and O–H groups in total. The second-order valence-corrected chi connectivity index (χ2v) is 3.76. The van der Waals surface area contributed by atoms with Crippen molar-refractivity contribution in [1.29, 1.82) is 0 Å². The smallest absolute Gasteiger partial charge is 0.172 e. The minimum Gasteiger partial charge on any atom is -0.497 e. The highest BCUT2D eigenvalue weighted by Crippen LogP contribution is 2.21. The van der Waals surface area contributed by atoms with Crippen LogP contribution in [0.3, 0.4) is 0 Å². The number of benzene rings is 1. The van der Waals surface area contributed by atoms with Crippen molar-refractivity contribution in [2.45, 2.75) is 0 Å². The summed E-state index contributed by atoms with van der Waals surface area (Å²) in [7, 11) is 3.67. The van der Waals surface area contributed by atoms with Gasteiger partial charge in [-0.1, -0.05) is 0 Å². The Morgan fingerprint density at radius 2 is 2.23 bits per heavy atom. The summed E-state index contributed by atoms with van der Waals surface area (Å²) in [4.78, 5) is 4.39. The van der Waals surface area contributed by atoms with Crippen LogP contribution in [0.1, 0.15) is 0 Å². The highest BCUT2D eigenvalue weighted by atomic mass is 127. The number of halogens is 1. The van der Waals surface area contributed by atoms with Crippen molar-refractivity contribution in [2.24, 2.45) is 7.05 Å². The van der Waals surface area contributed by atoms with E-state index < -0.39 is 0 Å². The van der Waals surface area contributed by atoms with Gasteiger partial charge in [0.25, 0.3) is 0 Å². The average Bonchev–Trinajstić information content (AvgIpc) is 2.42. The third-order valence-corrected chi connectivity index (χ3v) is 3.00. The first kappa shape index (κ1) is 8.80. The lowest BCUT2D eigenvalue weighted by atomic mass is 10.3. The van der Waals surface area contributed by atoms with Crippen LogP contribution in [0.2, 0.25) is 0 Å². The normalized spacial score (nSPS) is 10.7. The number of aromatic nitrogens is 2. The SMILES string of the molecule is COc1ccc2c(c1)nc(I)n2C. The van der Waals surface area contributed by atoms with Crippen molar-refractivity contribution >= 4 is 33.6 Å². The van der Waals surface area contributed by atoms with E-state index in [9.17, 15) is 0 Å². The van der Waals surface area contributed by atoms with Gasteiger partial charge < -0.3 is 9.30 Å². The number of rotatable bonds is 1. The van der Waals surface area contributed by atoms with Crippen LogP contribution in [0.15, 0.2) is 18.2 Å². The van der Waals surface area contributed by atoms with Gasteiger partial charge in [-0.2, -0.15) is 0 Å². The van der Waals surface area contributed by atoms with Crippen molar-refractivity contribution in [3.8, 4) is 5.75 Å². The standard InChI is InChI=1S/C9H9IN2O/c1-12-8-4-3-6(13-2)5-7(8)11-9(12)10/h3-5H,1-2H3. The average molecular weight is 288 g/mol. The second-order valence-electron chi connectivity index (χ2n) is 2.79. The van der Waals surface area contributed by atoms with Gasteiger partial charge in [0.15, 0.2) is 3.83 Å². The highest BCUT2D eigenvalue weighted by molar-refractivity contribution is 14.1. The maximum atomic E-state index is 5.12. The molecule has 0 bridgehead atoms. The fourth-order valence-electron chi connectivity index (χ4n) is 1.28. The molecule has 0 atom stereocenters. The van der Waals surface area contributed by atoms with E-state index in [1.54, 1.807) is 7.11 Å². The second kappa shape index (κ2) is 3.17. The summed E-state index contributed by atoms with van der Waals surface area (Å²) in [6.45, 7) is 0. The first-order valence-electron chi connectivity index (χ1n) is 3.88. The number of fused-ring (bicyclic) bond motifs is 1. The summed E-state index contributed by atoms with van der Waals surface area (Å²) in [5.74, 6) is 0.849. The van der Waals surface area contributed by atoms with Crippen LogP contribution in [0.5, 0.6) is 5.75 Å². The van der Waals surface area contributed by atoms with Gasteiger partial charge in [0.1, 0.15) is 5.75 Å². The van der Waals surface area contributed by atoms with Crippen LogP contribution in [0, 0.1) is 3.83 Å². The zero-order valence-electron chi connectivity index (χ0n) is 7.41. The Morgan fingerprint density at radius 1 is 1.46 bits per heavy atom. The number of methoxy groups -OCH3 is 1. The summed E-state index contributed by atoms with van der Waals surface area (Å²) in [5, 5.41) is 0. The fourth-order valence-corrected chi connectivity index (χ4v) is 1.80. The van der Waals surface area contributed by atoms with Crippen molar-refractivity contribution in [3.63, 3.8) is 0 Å². The molecule has 0 spiro atoms. The summed E-state index contributed by atoms with van der Waals surface area (Å²) in [5.41, 5.74) is 2.11. The third kappa shape index (κ3) is 1.39. The Balaban J connectivity index is 2.73. The summed E-state index contributed by atoms with van der Waals surface area (Å²) in [6.07, 6.45) is 0. The molecule has 0 amide bonds. The molecule has 2 aromatic rings. The highest BCUT2D eigenvalue weighted by Gasteiger charge is 2.04. The number of ether oxygens (including phenoxy) is 1. The van der Waals surface area contributed by atoms with Gasteiger partial charge in [-0.15, -0.1) is 0 Å². The minimum atomic E-state index is 0.849. The van der Waals surface area contributed by atoms with Gasteiger partial charge in [0, 0.05) is 13.1 Å². The molecule has 1 aromatic heterocycles. The Kier molecular flexibility index (Phi) is 2.15. The fraction of sp³-hybridized carbons (Fsp3) is 0.222. The molecule has 0 aliphatic rings. The zero-order chi connectivity index (χ0) is 9.42. The number of hydrogen-bond acceptors (Lipinski definition) is 2. The van der Waals surface area contributed by atoms with Crippen LogP contribution in [0.25, 0.3) is 11.0 Å². The Bertz CT molecular complexity index is 450. The topological polar surface area (TPSA) is 27.1 Å². The van der Waals surface area contributed by atoms with Crippen LogP contribution in [-0.2, 0) is 7.05 Å². The largest absolute Gasteiger partial charge is 0.497 e. The van der Waals surface area contributed by atoms with Crippen molar-refractivity contribution in [3.05, 3.63) is 22.0 Å². The van der Waals surface area contributed by atoms with Crippen molar-refractivity contribution < 1.29 is 4.74 Å². The lowest BCUT2D eigenvalue weighted by Crippen LogP contribution is -1.89. The van der Waals surface area contributed by atoms with E-state index in [-0.39, 0.29) is 0 Å². The molecule has 0 aliphatic heterocycles. The Hall–Kier alpha value is -0.780. The number of hydrogen-bond donors (Lipinski definition) is 0. The van der Waals surface area contributed by atoms with Gasteiger partial charge in [-0.25, -0.2) is 4.98 Å². The van der Waals surface area contributed by atoms with Gasteiger partial charge in [-0.3, -0.25) is 0 Å². The van der Waals surface area contributed by atoms with Gasteiger partial charge in [-0.05, 0) is 34.7 Å². The third-order valence-electron chi connectivity index (χ3n) is 2.03. The van der Waals surface area contributed by atoms with Crippen LogP contribution in [-0.4, -0.2) is 16.7 Å². The van der Waals surface area contributed by atoms with Gasteiger partial charge in [0.05, 0.1) is 18.1 Å². The maximum absolute atomic E-state index is 5.12. The van der Waals surface area contributed by atoms with E-state index in [0.717, 1.165) is 20.6 Å². The maximum Gasteiger partial charge on any atom is 0.172 e. The predicted molar refractivity (Wildman–Crippen MR) is 60.0 cm³/mol. The van der Waals surface area contributed by atoms with E-state index >= 15 is 0 Å². The summed E-state index contributed by atoms with van der Waals surface area (Å²) >= 11 is 2.21. The Morgan fingerprint density at radius 3 is 2.92 bits per heavy atom. The molecule has 0 fully saturated rings. The number of nitrogens with zero attached hydrogens (tertiary/aromatic N) is 2. The van der Waals surface area contributed by atoms with Crippen LogP contribution in [0.4, 0.5) is 0 Å². The molecule has 68 valence electrons. The lowest BCUT2D eigenvalue weighted by molar-refractivity contribution is 0.415. The van der Waals surface area contributed by atoms with E-state index in [0.29, 0.717) is 0 Å². The zero-order valence-corrected chi connectivity index (χ0v) is 9.57. The van der Waals surface area contributed by atoms with Crippen molar-refractivity contribution in [1.82, 2.24) is 9.55 Å². The molecule has 3 nitrogen and oxygen atoms in total. The predicted octanol–water partition coefficient (Wildman–Crippen LogP) is 2.19. The molecule has 4 heteroatoms. The van der Waals surface area contributed by atoms with E-state index in [1.165, 1.54) is 0 Å². The molecule has 1 heterocycles. The van der Waals surface area contributed by atoms with Gasteiger partial charge in [0.2, 0.25) is 0 Å². The molecular formula is C9H9IN2O. The van der Waals surface area contributed by atoms with Crippen LogP contribution >= 0.6 is 22.6 Å².